The number of aliphatic hydroxyl groups is 1. The average molecular weight is 233 g/mol. The molecule has 1 atom stereocenters. The average Bonchev–Trinajstić information content (AvgIpc) is 2.57. The number of hydrogen-bond donors (Lipinski definition) is 2. The maximum Gasteiger partial charge on any atom is 0.183 e. The van der Waals surface area contributed by atoms with Crippen LogP contribution in [-0.4, -0.2) is 29.0 Å². The highest BCUT2D eigenvalue weighted by molar-refractivity contribution is 6.03. The number of hydrogen-bond acceptors (Lipinski definition) is 2. The maximum atomic E-state index is 9.22. The number of nitrogens with two attached hydrogens (primary N) is 1. The summed E-state index contributed by atoms with van der Waals surface area (Å²) in [5, 5.41) is 9.22. The van der Waals surface area contributed by atoms with Gasteiger partial charge in [0.2, 0.25) is 0 Å². The van der Waals surface area contributed by atoms with E-state index < -0.39 is 0 Å². The van der Waals surface area contributed by atoms with Gasteiger partial charge in [0.1, 0.15) is 7.05 Å². The van der Waals surface area contributed by atoms with E-state index in [0.717, 1.165) is 18.5 Å². The summed E-state index contributed by atoms with van der Waals surface area (Å²) in [6, 6.07) is 4.38. The molecule has 1 unspecified atom stereocenters. The standard InChI is InChI=1S/C14H20N2O/c1-4-10-5-6-11(15)13-9(2)16(3)12(7-8-17)14(10)13/h5-6,12,15,17H,4,7-8H2,1-3H3/p+1. The predicted octanol–water partition coefficient (Wildman–Crippen LogP) is 1.72. The largest absolute Gasteiger partial charge is 0.398 e. The summed E-state index contributed by atoms with van der Waals surface area (Å²) < 4.78 is 2.23. The summed E-state index contributed by atoms with van der Waals surface area (Å²) >= 11 is 0. The molecule has 1 aliphatic rings. The Morgan fingerprint density at radius 3 is 2.71 bits per heavy atom. The minimum atomic E-state index is 0.208. The molecule has 0 bridgehead atoms. The third kappa shape index (κ3) is 1.75. The van der Waals surface area contributed by atoms with E-state index in [1.165, 1.54) is 22.4 Å². The molecule has 0 aromatic heterocycles. The third-order valence-electron chi connectivity index (χ3n) is 3.84. The van der Waals surface area contributed by atoms with Crippen LogP contribution in [0, 0.1) is 0 Å². The molecule has 3 N–H and O–H groups in total. The fourth-order valence-electron chi connectivity index (χ4n) is 2.84. The van der Waals surface area contributed by atoms with Crippen LogP contribution < -0.4 is 5.73 Å². The number of aryl methyl sites for hydroxylation is 1. The highest BCUT2D eigenvalue weighted by Crippen LogP contribution is 2.36. The molecule has 1 heterocycles. The molecule has 17 heavy (non-hydrogen) atoms. The van der Waals surface area contributed by atoms with Crippen LogP contribution >= 0.6 is 0 Å². The summed E-state index contributed by atoms with van der Waals surface area (Å²) in [6.07, 6.45) is 1.77. The minimum Gasteiger partial charge on any atom is -0.398 e. The molecule has 3 nitrogen and oxygen atoms in total. The van der Waals surface area contributed by atoms with Gasteiger partial charge < -0.3 is 10.8 Å². The van der Waals surface area contributed by atoms with Gasteiger partial charge in [0, 0.05) is 31.2 Å². The van der Waals surface area contributed by atoms with Crippen LogP contribution in [0.25, 0.3) is 0 Å². The summed E-state index contributed by atoms with van der Waals surface area (Å²) in [6.45, 7) is 4.47. The van der Waals surface area contributed by atoms with Gasteiger partial charge in [-0.05, 0) is 18.1 Å². The fraction of sp³-hybridized carbons (Fsp3) is 0.500. The molecule has 1 aromatic rings. The molecule has 0 aliphatic carbocycles. The molecule has 0 saturated heterocycles. The van der Waals surface area contributed by atoms with Crippen molar-refractivity contribution < 1.29 is 9.68 Å². The summed E-state index contributed by atoms with van der Waals surface area (Å²) in [5.41, 5.74) is 12.0. The Morgan fingerprint density at radius 1 is 1.41 bits per heavy atom. The SMILES string of the molecule is CCc1ccc(N)c2c1C(CCO)[N+](C)=C2C. The number of anilines is 1. The van der Waals surface area contributed by atoms with Gasteiger partial charge in [-0.25, -0.2) is 4.58 Å². The first-order valence-corrected chi connectivity index (χ1v) is 6.20. The Labute approximate surface area is 103 Å². The monoisotopic (exact) mass is 233 g/mol. The molecule has 3 heteroatoms. The van der Waals surface area contributed by atoms with E-state index in [4.69, 9.17) is 5.73 Å². The molecule has 2 rings (SSSR count). The lowest BCUT2D eigenvalue weighted by Crippen LogP contribution is -2.14. The quantitative estimate of drug-likeness (QED) is 0.617. The first-order valence-electron chi connectivity index (χ1n) is 6.20. The second-order valence-corrected chi connectivity index (χ2v) is 4.68. The first-order chi connectivity index (χ1) is 8.11. The fourth-order valence-corrected chi connectivity index (χ4v) is 2.84. The minimum absolute atomic E-state index is 0.208. The predicted molar refractivity (Wildman–Crippen MR) is 70.6 cm³/mol. The van der Waals surface area contributed by atoms with E-state index in [1.54, 1.807) is 0 Å². The van der Waals surface area contributed by atoms with Crippen LogP contribution in [0.1, 0.15) is 43.0 Å². The number of rotatable bonds is 3. The zero-order valence-corrected chi connectivity index (χ0v) is 10.8. The van der Waals surface area contributed by atoms with Gasteiger partial charge in [-0.1, -0.05) is 13.0 Å². The van der Waals surface area contributed by atoms with Gasteiger partial charge in [0.05, 0.1) is 5.56 Å². The Hall–Kier alpha value is -1.35. The topological polar surface area (TPSA) is 49.3 Å². The van der Waals surface area contributed by atoms with E-state index in [2.05, 4.69) is 31.5 Å². The molecule has 0 spiro atoms. The normalized spacial score (nSPS) is 18.7. The van der Waals surface area contributed by atoms with Gasteiger partial charge in [-0.2, -0.15) is 0 Å². The highest BCUT2D eigenvalue weighted by atomic mass is 16.3. The van der Waals surface area contributed by atoms with E-state index in [9.17, 15) is 5.11 Å². The van der Waals surface area contributed by atoms with Crippen molar-refractivity contribution in [1.82, 2.24) is 0 Å². The Morgan fingerprint density at radius 2 is 2.12 bits per heavy atom. The third-order valence-corrected chi connectivity index (χ3v) is 3.84. The first kappa shape index (κ1) is 12.1. The van der Waals surface area contributed by atoms with Crippen molar-refractivity contribution in [2.24, 2.45) is 0 Å². The molecule has 0 fully saturated rings. The van der Waals surface area contributed by atoms with Crippen LogP contribution in [0.4, 0.5) is 5.69 Å². The molecule has 92 valence electrons. The van der Waals surface area contributed by atoms with E-state index in [-0.39, 0.29) is 12.6 Å². The van der Waals surface area contributed by atoms with E-state index >= 15 is 0 Å². The van der Waals surface area contributed by atoms with Crippen molar-refractivity contribution >= 4 is 11.4 Å². The second-order valence-electron chi connectivity index (χ2n) is 4.68. The Balaban J connectivity index is 2.64. The lowest BCUT2D eigenvalue weighted by atomic mass is 9.92. The lowest BCUT2D eigenvalue weighted by molar-refractivity contribution is -0.541. The van der Waals surface area contributed by atoms with Crippen LogP contribution in [0.2, 0.25) is 0 Å². The number of benzene rings is 1. The lowest BCUT2D eigenvalue weighted by Gasteiger charge is -2.12. The zero-order chi connectivity index (χ0) is 12.6. The van der Waals surface area contributed by atoms with Crippen molar-refractivity contribution in [3.05, 3.63) is 28.8 Å². The highest BCUT2D eigenvalue weighted by Gasteiger charge is 2.36. The molecular weight excluding hydrogens is 212 g/mol. The van der Waals surface area contributed by atoms with E-state index in [0.29, 0.717) is 0 Å². The number of aliphatic hydroxyl groups excluding tert-OH is 1. The number of nitrogens with zero attached hydrogens (tertiary/aromatic N) is 1. The van der Waals surface area contributed by atoms with Gasteiger partial charge in [-0.3, -0.25) is 0 Å². The summed E-state index contributed by atoms with van der Waals surface area (Å²) in [5.74, 6) is 0. The zero-order valence-electron chi connectivity index (χ0n) is 10.8. The number of fused-ring (bicyclic) bond motifs is 1. The van der Waals surface area contributed by atoms with E-state index in [1.807, 2.05) is 6.07 Å². The molecule has 0 amide bonds. The molecular formula is C14H21N2O+. The van der Waals surface area contributed by atoms with Crippen molar-refractivity contribution in [3.63, 3.8) is 0 Å². The van der Waals surface area contributed by atoms with Gasteiger partial charge in [0.25, 0.3) is 0 Å². The van der Waals surface area contributed by atoms with Crippen molar-refractivity contribution in [3.8, 4) is 0 Å². The summed E-state index contributed by atoms with van der Waals surface area (Å²) in [4.78, 5) is 0. The van der Waals surface area contributed by atoms with Crippen LogP contribution in [0.3, 0.4) is 0 Å². The van der Waals surface area contributed by atoms with Crippen LogP contribution in [-0.2, 0) is 6.42 Å². The van der Waals surface area contributed by atoms with Crippen molar-refractivity contribution in [2.75, 3.05) is 19.4 Å². The van der Waals surface area contributed by atoms with Gasteiger partial charge in [-0.15, -0.1) is 0 Å². The van der Waals surface area contributed by atoms with Crippen LogP contribution in [0.15, 0.2) is 12.1 Å². The second kappa shape index (κ2) is 4.49. The molecule has 0 radical (unpaired) electrons. The van der Waals surface area contributed by atoms with Crippen LogP contribution in [0.5, 0.6) is 0 Å². The van der Waals surface area contributed by atoms with Crippen molar-refractivity contribution in [2.45, 2.75) is 32.7 Å². The smallest absolute Gasteiger partial charge is 0.183 e. The molecule has 0 saturated carbocycles. The van der Waals surface area contributed by atoms with Gasteiger partial charge >= 0.3 is 0 Å². The van der Waals surface area contributed by atoms with Gasteiger partial charge in [0.15, 0.2) is 11.8 Å². The number of nitrogen functional groups attached to an aromatic ring is 1. The van der Waals surface area contributed by atoms with Crippen molar-refractivity contribution in [1.29, 1.82) is 0 Å². The Kier molecular flexibility index (Phi) is 3.20. The molecule has 1 aliphatic heterocycles. The Bertz CT molecular complexity index is 477. The summed E-state index contributed by atoms with van der Waals surface area (Å²) in [7, 11) is 2.08. The molecule has 1 aromatic carbocycles. The maximum absolute atomic E-state index is 9.22.